The van der Waals surface area contributed by atoms with Gasteiger partial charge in [0.1, 0.15) is 11.3 Å². The van der Waals surface area contributed by atoms with Gasteiger partial charge in [-0.25, -0.2) is 0 Å². The Kier molecular flexibility index (Phi) is 4.07. The van der Waals surface area contributed by atoms with E-state index in [4.69, 9.17) is 4.74 Å². The summed E-state index contributed by atoms with van der Waals surface area (Å²) in [7, 11) is 1.56. The Labute approximate surface area is 158 Å². The summed E-state index contributed by atoms with van der Waals surface area (Å²) in [6, 6.07) is 11.1. The third kappa shape index (κ3) is 2.70. The molecule has 1 aliphatic heterocycles. The van der Waals surface area contributed by atoms with E-state index in [1.54, 1.807) is 43.6 Å². The first kappa shape index (κ1) is 16.8. The number of methoxy groups -OCH3 is 1. The van der Waals surface area contributed by atoms with E-state index >= 15 is 0 Å². The molecule has 1 N–H and O–H groups in total. The molecule has 0 saturated heterocycles. The van der Waals surface area contributed by atoms with E-state index < -0.39 is 5.91 Å². The van der Waals surface area contributed by atoms with Crippen LogP contribution < -0.4 is 15.5 Å². The van der Waals surface area contributed by atoms with Crippen molar-refractivity contribution in [1.82, 2.24) is 4.57 Å². The summed E-state index contributed by atoms with van der Waals surface area (Å²) in [6.45, 7) is 2.08. The van der Waals surface area contributed by atoms with Crippen LogP contribution in [0, 0.1) is 0 Å². The average molecular weight is 413 g/mol. The van der Waals surface area contributed by atoms with Gasteiger partial charge in [-0.05, 0) is 43.2 Å². The van der Waals surface area contributed by atoms with Gasteiger partial charge >= 0.3 is 0 Å². The fraction of sp³-hybridized carbons (Fsp3) is 0.200. The van der Waals surface area contributed by atoms with E-state index in [2.05, 4.69) is 28.2 Å². The Balaban J connectivity index is 1.81. The molecule has 132 valence electrons. The van der Waals surface area contributed by atoms with Crippen LogP contribution in [0.3, 0.4) is 0 Å². The highest BCUT2D eigenvalue weighted by molar-refractivity contribution is 9.10. The number of carbonyl (C=O) groups excluding carboxylic acids is 1. The minimum absolute atomic E-state index is 0.137. The number of nitrogens with one attached hydrogen (secondary N) is 1. The van der Waals surface area contributed by atoms with Gasteiger partial charge in [-0.2, -0.15) is 0 Å². The van der Waals surface area contributed by atoms with Gasteiger partial charge in [0, 0.05) is 33.9 Å². The first-order valence-corrected chi connectivity index (χ1v) is 9.10. The lowest BCUT2D eigenvalue weighted by molar-refractivity contribution is 0.102. The first-order valence-electron chi connectivity index (χ1n) is 8.30. The molecule has 4 rings (SSSR count). The van der Waals surface area contributed by atoms with Crippen LogP contribution in [-0.2, 0) is 6.42 Å². The third-order valence-electron chi connectivity index (χ3n) is 4.73. The van der Waals surface area contributed by atoms with Crippen molar-refractivity contribution in [2.24, 2.45) is 0 Å². The molecule has 0 fully saturated rings. The fourth-order valence-corrected chi connectivity index (χ4v) is 4.03. The van der Waals surface area contributed by atoms with Crippen molar-refractivity contribution in [2.45, 2.75) is 19.4 Å². The first-order chi connectivity index (χ1) is 12.5. The Morgan fingerprint density at radius 3 is 2.88 bits per heavy atom. The summed E-state index contributed by atoms with van der Waals surface area (Å²) in [4.78, 5) is 25.7. The minimum atomic E-state index is -0.422. The van der Waals surface area contributed by atoms with E-state index in [1.807, 2.05) is 10.6 Å². The van der Waals surface area contributed by atoms with Crippen LogP contribution in [0.5, 0.6) is 5.75 Å². The highest BCUT2D eigenvalue weighted by atomic mass is 79.9. The number of nitrogens with zero attached hydrogens (tertiary/aromatic N) is 1. The van der Waals surface area contributed by atoms with Crippen LogP contribution in [0.25, 0.3) is 10.9 Å². The maximum atomic E-state index is 13.0. The van der Waals surface area contributed by atoms with E-state index in [-0.39, 0.29) is 17.0 Å². The quantitative estimate of drug-likeness (QED) is 0.702. The molecular weight excluding hydrogens is 396 g/mol. The number of anilines is 1. The second-order valence-electron chi connectivity index (χ2n) is 6.48. The Hall–Kier alpha value is -2.60. The van der Waals surface area contributed by atoms with Gasteiger partial charge in [-0.3, -0.25) is 9.59 Å². The molecule has 0 bridgehead atoms. The number of hydrogen-bond acceptors (Lipinski definition) is 3. The van der Waals surface area contributed by atoms with Gasteiger partial charge in [0.05, 0.1) is 12.6 Å². The Morgan fingerprint density at radius 1 is 1.31 bits per heavy atom. The molecule has 1 atom stereocenters. The van der Waals surface area contributed by atoms with Crippen molar-refractivity contribution >= 4 is 38.4 Å². The van der Waals surface area contributed by atoms with Crippen LogP contribution in [-0.4, -0.2) is 17.6 Å². The number of aromatic nitrogens is 1. The van der Waals surface area contributed by atoms with Crippen LogP contribution in [0.2, 0.25) is 0 Å². The lowest BCUT2D eigenvalue weighted by atomic mass is 10.1. The molecule has 1 aliphatic rings. The summed E-state index contributed by atoms with van der Waals surface area (Å²) in [5.74, 6) is 0.216. The molecule has 6 heteroatoms. The van der Waals surface area contributed by atoms with E-state index in [0.29, 0.717) is 16.8 Å². The summed E-state index contributed by atoms with van der Waals surface area (Å²) < 4.78 is 8.05. The molecule has 0 unspecified atom stereocenters. The zero-order valence-electron chi connectivity index (χ0n) is 14.4. The summed E-state index contributed by atoms with van der Waals surface area (Å²) in [5.41, 5.74) is 2.51. The second kappa shape index (κ2) is 6.29. The average Bonchev–Trinajstić information content (AvgIpc) is 2.93. The molecule has 26 heavy (non-hydrogen) atoms. The molecule has 5 nitrogen and oxygen atoms in total. The standard InChI is InChI=1S/C20H17BrN2O3/c1-11-6-12-7-13(21)8-16-18(12)23(11)10-17(19(16)24)20(25)22-14-4-3-5-15(9-14)26-2/h3-5,7-11H,6H2,1-2H3,(H,22,25)/t11-/m0/s1. The number of benzene rings is 2. The molecule has 1 aromatic heterocycles. The largest absolute Gasteiger partial charge is 0.497 e. The van der Waals surface area contributed by atoms with Crippen LogP contribution in [0.15, 0.2) is 51.9 Å². The van der Waals surface area contributed by atoms with Gasteiger partial charge in [0.25, 0.3) is 5.91 Å². The molecule has 0 radical (unpaired) electrons. The van der Waals surface area contributed by atoms with Gasteiger partial charge in [-0.1, -0.05) is 22.0 Å². The van der Waals surface area contributed by atoms with Crippen molar-refractivity contribution < 1.29 is 9.53 Å². The maximum absolute atomic E-state index is 13.0. The highest BCUT2D eigenvalue weighted by Crippen LogP contribution is 2.33. The third-order valence-corrected chi connectivity index (χ3v) is 5.19. The molecule has 3 aromatic rings. The maximum Gasteiger partial charge on any atom is 0.261 e. The van der Waals surface area contributed by atoms with Gasteiger partial charge in [0.2, 0.25) is 5.43 Å². The van der Waals surface area contributed by atoms with E-state index in [1.165, 1.54) is 0 Å². The topological polar surface area (TPSA) is 60.3 Å². The molecule has 0 saturated carbocycles. The number of hydrogen-bond donors (Lipinski definition) is 1. The molecule has 2 heterocycles. The predicted molar refractivity (Wildman–Crippen MR) is 105 cm³/mol. The van der Waals surface area contributed by atoms with E-state index in [0.717, 1.165) is 22.0 Å². The number of amides is 1. The van der Waals surface area contributed by atoms with E-state index in [9.17, 15) is 9.59 Å². The summed E-state index contributed by atoms with van der Waals surface area (Å²) in [6.07, 6.45) is 2.52. The van der Waals surface area contributed by atoms with Crippen LogP contribution >= 0.6 is 15.9 Å². The van der Waals surface area contributed by atoms with Crippen molar-refractivity contribution in [3.8, 4) is 5.75 Å². The number of rotatable bonds is 3. The monoisotopic (exact) mass is 412 g/mol. The smallest absolute Gasteiger partial charge is 0.261 e. The molecule has 2 aromatic carbocycles. The fourth-order valence-electron chi connectivity index (χ4n) is 3.52. The lowest BCUT2D eigenvalue weighted by Crippen LogP contribution is -2.23. The predicted octanol–water partition coefficient (Wildman–Crippen LogP) is 4.14. The molecule has 1 amide bonds. The minimum Gasteiger partial charge on any atom is -0.497 e. The van der Waals surface area contributed by atoms with Gasteiger partial charge < -0.3 is 14.6 Å². The molecule has 0 aliphatic carbocycles. The molecular formula is C20H17BrN2O3. The van der Waals surface area contributed by atoms with Gasteiger partial charge in [-0.15, -0.1) is 0 Å². The zero-order valence-corrected chi connectivity index (χ0v) is 16.0. The zero-order chi connectivity index (χ0) is 18.4. The SMILES string of the molecule is COc1cccc(NC(=O)c2cn3c4c(cc(Br)cc4c2=O)C[C@@H]3C)c1. The van der Waals surface area contributed by atoms with Crippen molar-refractivity contribution in [2.75, 3.05) is 12.4 Å². The normalized spacial score (nSPS) is 15.3. The highest BCUT2D eigenvalue weighted by Gasteiger charge is 2.25. The van der Waals surface area contributed by atoms with Crippen LogP contribution in [0.1, 0.15) is 28.9 Å². The number of ether oxygens (including phenoxy) is 1. The lowest BCUT2D eigenvalue weighted by Gasteiger charge is -2.13. The number of carbonyl (C=O) groups is 1. The van der Waals surface area contributed by atoms with Crippen molar-refractivity contribution in [3.05, 3.63) is 68.4 Å². The van der Waals surface area contributed by atoms with Gasteiger partial charge in [0.15, 0.2) is 0 Å². The van der Waals surface area contributed by atoms with Crippen molar-refractivity contribution in [1.29, 1.82) is 0 Å². The number of pyridine rings is 1. The Morgan fingerprint density at radius 2 is 2.12 bits per heavy atom. The number of halogens is 1. The summed E-state index contributed by atoms with van der Waals surface area (Å²) >= 11 is 3.47. The molecule has 0 spiro atoms. The second-order valence-corrected chi connectivity index (χ2v) is 7.40. The van der Waals surface area contributed by atoms with Crippen LogP contribution in [0.4, 0.5) is 5.69 Å². The summed E-state index contributed by atoms with van der Waals surface area (Å²) in [5, 5.41) is 3.36. The van der Waals surface area contributed by atoms with Crippen molar-refractivity contribution in [3.63, 3.8) is 0 Å². The Bertz CT molecular complexity index is 1100.